The van der Waals surface area contributed by atoms with E-state index in [1.165, 1.54) is 0 Å². The molecule has 37 heavy (non-hydrogen) atoms. The van der Waals surface area contributed by atoms with Gasteiger partial charge in [0.15, 0.2) is 0 Å². The maximum Gasteiger partial charge on any atom is 0.389 e. The standard InChI is InChI=1S/C15H17F17O4Si/c1-33-9(34-2,35-3)6-36-37-15(31,32)14(29,30)13(27,28)12(25,26)11(23,24)10(21,22)7(16,17)4-5-8(18,19)20/h4-6,37H2,1-3H3. The van der Waals surface area contributed by atoms with Crippen molar-refractivity contribution in [2.75, 3.05) is 27.9 Å². The van der Waals surface area contributed by atoms with E-state index in [1.807, 2.05) is 0 Å². The molecular formula is C15H17F17O4Si. The van der Waals surface area contributed by atoms with Crippen LogP contribution in [-0.4, -0.2) is 90.9 Å². The largest absolute Gasteiger partial charge is 0.408 e. The average molecular weight is 612 g/mol. The van der Waals surface area contributed by atoms with Crippen LogP contribution in [-0.2, 0) is 18.6 Å². The lowest BCUT2D eigenvalue weighted by Crippen LogP contribution is -2.73. The first-order chi connectivity index (χ1) is 16.1. The number of hydrogen-bond donors (Lipinski definition) is 0. The normalized spacial score (nSPS) is 16.2. The summed E-state index contributed by atoms with van der Waals surface area (Å²) < 4.78 is 245. The number of ether oxygens (including phenoxy) is 3. The summed E-state index contributed by atoms with van der Waals surface area (Å²) in [4.78, 5) is 0. The van der Waals surface area contributed by atoms with E-state index >= 15 is 0 Å². The number of methoxy groups -OCH3 is 3. The SMILES string of the molecule is COC(CO[SiH2]C(F)(F)C(F)(F)C(F)(F)C(F)(F)C(F)(F)C(F)(F)C(F)(F)CCC(F)(F)F)(OC)OC. The van der Waals surface area contributed by atoms with E-state index < -0.39 is 82.4 Å². The summed E-state index contributed by atoms with van der Waals surface area (Å²) in [6.45, 7) is -1.43. The van der Waals surface area contributed by atoms with E-state index in [0.29, 0.717) is 0 Å². The molecule has 0 unspecified atom stereocenters. The van der Waals surface area contributed by atoms with Gasteiger partial charge in [-0.3, -0.25) is 0 Å². The highest BCUT2D eigenvalue weighted by molar-refractivity contribution is 6.31. The molecule has 0 radical (unpaired) electrons. The third kappa shape index (κ3) is 6.37. The van der Waals surface area contributed by atoms with Gasteiger partial charge in [0.25, 0.3) is 0 Å². The molecule has 0 heterocycles. The molecule has 22 heteroatoms. The Morgan fingerprint density at radius 3 is 1.19 bits per heavy atom. The molecule has 0 atom stereocenters. The fraction of sp³-hybridized carbons (Fsp3) is 1.00. The maximum atomic E-state index is 13.8. The lowest BCUT2D eigenvalue weighted by molar-refractivity contribution is -0.437. The fourth-order valence-electron chi connectivity index (χ4n) is 2.33. The van der Waals surface area contributed by atoms with Crippen LogP contribution < -0.4 is 0 Å². The van der Waals surface area contributed by atoms with E-state index in [-0.39, 0.29) is 0 Å². The van der Waals surface area contributed by atoms with Crippen molar-refractivity contribution in [1.29, 1.82) is 0 Å². The molecule has 0 saturated carbocycles. The van der Waals surface area contributed by atoms with Gasteiger partial charge in [0.2, 0.25) is 9.76 Å². The molecular weight excluding hydrogens is 595 g/mol. The van der Waals surface area contributed by atoms with E-state index in [9.17, 15) is 74.6 Å². The van der Waals surface area contributed by atoms with E-state index in [2.05, 4.69) is 18.6 Å². The first-order valence-electron chi connectivity index (χ1n) is 9.04. The minimum absolute atomic E-state index is 0.756. The van der Waals surface area contributed by atoms with Gasteiger partial charge in [0, 0.05) is 34.2 Å². The molecule has 0 amide bonds. The van der Waals surface area contributed by atoms with Gasteiger partial charge in [0.05, 0.1) is 0 Å². The number of hydrogen-bond acceptors (Lipinski definition) is 4. The van der Waals surface area contributed by atoms with Crippen LogP contribution >= 0.6 is 0 Å². The second kappa shape index (κ2) is 10.8. The van der Waals surface area contributed by atoms with Crippen LogP contribution in [0.2, 0.25) is 0 Å². The van der Waals surface area contributed by atoms with Crippen LogP contribution in [0.15, 0.2) is 0 Å². The second-order valence-electron chi connectivity index (χ2n) is 7.18. The van der Waals surface area contributed by atoms with Gasteiger partial charge < -0.3 is 18.6 Å². The van der Waals surface area contributed by atoms with Crippen LogP contribution in [0, 0.1) is 0 Å². The zero-order chi connectivity index (χ0) is 30.2. The quantitative estimate of drug-likeness (QED) is 0.141. The van der Waals surface area contributed by atoms with Crippen molar-refractivity contribution in [2.24, 2.45) is 0 Å². The summed E-state index contributed by atoms with van der Waals surface area (Å²) in [5, 5.41) is 0. The Kier molecular flexibility index (Phi) is 10.5. The minimum atomic E-state index is -8.39. The van der Waals surface area contributed by atoms with Crippen molar-refractivity contribution in [3.05, 3.63) is 0 Å². The van der Waals surface area contributed by atoms with Gasteiger partial charge in [-0.25, -0.2) is 8.78 Å². The summed E-state index contributed by atoms with van der Waals surface area (Å²) in [6.07, 6.45) is -12.2. The fourth-order valence-corrected chi connectivity index (χ4v) is 3.34. The van der Waals surface area contributed by atoms with Crippen molar-refractivity contribution in [1.82, 2.24) is 0 Å². The van der Waals surface area contributed by atoms with Gasteiger partial charge >= 0.3 is 53.2 Å². The lowest BCUT2D eigenvalue weighted by atomic mass is 9.90. The summed E-state index contributed by atoms with van der Waals surface area (Å²) in [6, 6.07) is 0. The predicted octanol–water partition coefficient (Wildman–Crippen LogP) is 5.43. The van der Waals surface area contributed by atoms with E-state index in [4.69, 9.17) is 0 Å². The summed E-state index contributed by atoms with van der Waals surface area (Å²) in [7, 11) is -2.31. The molecule has 0 spiro atoms. The molecule has 0 fully saturated rings. The van der Waals surface area contributed by atoms with Gasteiger partial charge in [0.1, 0.15) is 6.61 Å². The lowest BCUT2D eigenvalue weighted by Gasteiger charge is -2.42. The van der Waals surface area contributed by atoms with Crippen molar-refractivity contribution < 1.29 is 93.3 Å². The maximum absolute atomic E-state index is 13.8. The highest BCUT2D eigenvalue weighted by atomic mass is 28.2. The molecule has 224 valence electrons. The zero-order valence-corrected chi connectivity index (χ0v) is 19.8. The number of halogens is 17. The van der Waals surface area contributed by atoms with Crippen LogP contribution in [0.25, 0.3) is 0 Å². The van der Waals surface area contributed by atoms with Crippen LogP contribution in [0.5, 0.6) is 0 Å². The highest BCUT2D eigenvalue weighted by Crippen LogP contribution is 2.62. The summed E-state index contributed by atoms with van der Waals surface area (Å²) >= 11 is 0. The molecule has 0 aromatic heterocycles. The Morgan fingerprint density at radius 2 is 0.838 bits per heavy atom. The Hall–Kier alpha value is -1.13. The molecule has 0 N–H and O–H groups in total. The molecule has 0 bridgehead atoms. The third-order valence-electron chi connectivity index (χ3n) is 4.71. The van der Waals surface area contributed by atoms with Gasteiger partial charge in [-0.1, -0.05) is 0 Å². The van der Waals surface area contributed by atoms with Crippen molar-refractivity contribution in [3.8, 4) is 0 Å². The molecule has 4 nitrogen and oxygen atoms in total. The molecule has 0 aromatic carbocycles. The van der Waals surface area contributed by atoms with Crippen LogP contribution in [0.4, 0.5) is 74.6 Å². The van der Waals surface area contributed by atoms with Gasteiger partial charge in [-0.2, -0.15) is 65.9 Å². The average Bonchev–Trinajstić information content (AvgIpc) is 2.74. The third-order valence-corrected chi connectivity index (χ3v) is 5.93. The number of rotatable bonds is 15. The Balaban J connectivity index is 6.25. The molecule has 0 aromatic rings. The first-order valence-corrected chi connectivity index (χ1v) is 10.3. The Labute approximate surface area is 198 Å². The van der Waals surface area contributed by atoms with E-state index in [1.54, 1.807) is 0 Å². The Morgan fingerprint density at radius 1 is 0.486 bits per heavy atom. The van der Waals surface area contributed by atoms with Crippen LogP contribution in [0.3, 0.4) is 0 Å². The Bertz CT molecular complexity index is 743. The van der Waals surface area contributed by atoms with Crippen molar-refractivity contribution in [3.63, 3.8) is 0 Å². The minimum Gasteiger partial charge on any atom is -0.408 e. The van der Waals surface area contributed by atoms with Crippen LogP contribution in [0.1, 0.15) is 12.8 Å². The van der Waals surface area contributed by atoms with E-state index in [0.717, 1.165) is 21.3 Å². The first kappa shape index (κ1) is 35.9. The summed E-state index contributed by atoms with van der Waals surface area (Å²) in [5.41, 5.74) is -6.47. The topological polar surface area (TPSA) is 36.9 Å². The smallest absolute Gasteiger partial charge is 0.389 e. The zero-order valence-electron chi connectivity index (χ0n) is 18.4. The predicted molar refractivity (Wildman–Crippen MR) is 88.2 cm³/mol. The second-order valence-corrected chi connectivity index (χ2v) is 8.77. The van der Waals surface area contributed by atoms with Gasteiger partial charge in [-0.05, 0) is 0 Å². The number of alkyl halides is 17. The molecule has 0 aliphatic heterocycles. The monoisotopic (exact) mass is 612 g/mol. The van der Waals surface area contributed by atoms with Gasteiger partial charge in [-0.15, -0.1) is 0 Å². The highest BCUT2D eigenvalue weighted by Gasteiger charge is 2.92. The molecule has 0 aliphatic rings. The molecule has 0 rings (SSSR count). The summed E-state index contributed by atoms with van der Waals surface area (Å²) in [5.74, 6) is -49.7. The molecule has 0 aliphatic carbocycles. The van der Waals surface area contributed by atoms with Crippen molar-refractivity contribution in [2.45, 2.75) is 66.1 Å². The van der Waals surface area contributed by atoms with Crippen molar-refractivity contribution >= 4 is 9.76 Å². The molecule has 0 saturated heterocycles.